The van der Waals surface area contributed by atoms with Gasteiger partial charge in [0.2, 0.25) is 5.91 Å². The van der Waals surface area contributed by atoms with Gasteiger partial charge in [-0.25, -0.2) is 0 Å². The van der Waals surface area contributed by atoms with Gasteiger partial charge in [-0.05, 0) is 48.1 Å². The smallest absolute Gasteiger partial charge is 0.253 e. The molecule has 1 aromatic heterocycles. The van der Waals surface area contributed by atoms with Crippen molar-refractivity contribution in [3.8, 4) is 0 Å². The van der Waals surface area contributed by atoms with Crippen molar-refractivity contribution in [1.29, 1.82) is 0 Å². The number of thioether (sulfide) groups is 1. The van der Waals surface area contributed by atoms with E-state index in [-0.39, 0.29) is 34.5 Å². The summed E-state index contributed by atoms with van der Waals surface area (Å²) in [6.45, 7) is 8.32. The lowest BCUT2D eigenvalue weighted by molar-refractivity contribution is -0.113. The zero-order valence-electron chi connectivity index (χ0n) is 21.0. The van der Waals surface area contributed by atoms with Crippen LogP contribution in [0.1, 0.15) is 67.8 Å². The van der Waals surface area contributed by atoms with Gasteiger partial charge in [0.25, 0.3) is 5.91 Å². The van der Waals surface area contributed by atoms with Gasteiger partial charge in [0, 0.05) is 17.8 Å². The van der Waals surface area contributed by atoms with Crippen LogP contribution in [-0.2, 0) is 11.8 Å². The zero-order valence-corrected chi connectivity index (χ0v) is 23.3. The van der Waals surface area contributed by atoms with E-state index in [1.807, 2.05) is 35.9 Å². The second-order valence-corrected chi connectivity index (χ2v) is 11.0. The number of para-hydroxylation sites is 1. The van der Waals surface area contributed by atoms with Crippen LogP contribution in [0.2, 0.25) is 10.0 Å². The Kier molecular flexibility index (Phi) is 9.82. The van der Waals surface area contributed by atoms with Gasteiger partial charge in [0.05, 0.1) is 22.4 Å². The Morgan fingerprint density at radius 3 is 2.44 bits per heavy atom. The van der Waals surface area contributed by atoms with Gasteiger partial charge >= 0.3 is 0 Å². The van der Waals surface area contributed by atoms with Crippen LogP contribution in [0.15, 0.2) is 47.6 Å². The number of nitrogens with zero attached hydrogens (tertiary/aromatic N) is 3. The Morgan fingerprint density at radius 2 is 1.78 bits per heavy atom. The van der Waals surface area contributed by atoms with Gasteiger partial charge in [-0.3, -0.25) is 9.59 Å². The molecule has 2 aromatic carbocycles. The maximum atomic E-state index is 13.0. The minimum Gasteiger partial charge on any atom is -0.342 e. The molecule has 3 aromatic rings. The predicted molar refractivity (Wildman–Crippen MR) is 147 cm³/mol. The van der Waals surface area contributed by atoms with E-state index in [0.717, 1.165) is 11.3 Å². The third-order valence-electron chi connectivity index (χ3n) is 5.56. The molecule has 0 saturated heterocycles. The number of hydrogen-bond donors (Lipinski definition) is 2. The number of rotatable bonds is 10. The molecule has 0 aliphatic rings. The van der Waals surface area contributed by atoms with Crippen molar-refractivity contribution in [3.05, 3.63) is 69.5 Å². The molecule has 1 heterocycles. The minimum absolute atomic E-state index is 0.123. The van der Waals surface area contributed by atoms with Crippen LogP contribution < -0.4 is 10.6 Å². The van der Waals surface area contributed by atoms with Gasteiger partial charge in [-0.2, -0.15) is 0 Å². The zero-order chi connectivity index (χ0) is 26.4. The van der Waals surface area contributed by atoms with E-state index < -0.39 is 0 Å². The Labute approximate surface area is 226 Å². The van der Waals surface area contributed by atoms with E-state index >= 15 is 0 Å². The number of benzene rings is 2. The van der Waals surface area contributed by atoms with Crippen molar-refractivity contribution in [2.24, 2.45) is 13.0 Å². The van der Waals surface area contributed by atoms with Crippen molar-refractivity contribution >= 4 is 52.5 Å². The first-order valence-corrected chi connectivity index (χ1v) is 13.5. The molecular weight excluding hydrogens is 517 g/mol. The maximum Gasteiger partial charge on any atom is 0.253 e. The molecule has 0 spiro atoms. The lowest BCUT2D eigenvalue weighted by Crippen LogP contribution is -2.31. The molecule has 192 valence electrons. The Balaban J connectivity index is 1.71. The number of carbonyl (C=O) groups is 2. The van der Waals surface area contributed by atoms with Gasteiger partial charge in [0.15, 0.2) is 11.0 Å². The summed E-state index contributed by atoms with van der Waals surface area (Å²) in [5, 5.41) is 16.0. The van der Waals surface area contributed by atoms with E-state index in [1.54, 1.807) is 12.1 Å². The summed E-state index contributed by atoms with van der Waals surface area (Å²) in [6.07, 6.45) is 0.653. The fourth-order valence-electron chi connectivity index (χ4n) is 3.80. The number of nitrogens with one attached hydrogen (secondary N) is 2. The van der Waals surface area contributed by atoms with E-state index in [1.165, 1.54) is 17.8 Å². The molecular formula is C26H31Cl2N5O2S. The summed E-state index contributed by atoms with van der Waals surface area (Å²) < 4.78 is 1.82. The molecule has 3 rings (SSSR count). The highest BCUT2D eigenvalue weighted by molar-refractivity contribution is 7.99. The van der Waals surface area contributed by atoms with Crippen molar-refractivity contribution in [1.82, 2.24) is 20.1 Å². The van der Waals surface area contributed by atoms with Crippen molar-refractivity contribution < 1.29 is 9.59 Å². The fraction of sp³-hybridized carbons (Fsp3) is 0.385. The molecule has 0 radical (unpaired) electrons. The molecule has 1 atom stereocenters. The molecule has 0 fully saturated rings. The SMILES string of the molecule is CC(C)C[C@@H](NC(=O)c1ccc(Cl)cc1Cl)c1nnc(SCC(=O)Nc2ccccc2C(C)C)n1C. The summed E-state index contributed by atoms with van der Waals surface area (Å²) in [5.74, 6) is 0.932. The van der Waals surface area contributed by atoms with E-state index in [0.29, 0.717) is 33.9 Å². The summed E-state index contributed by atoms with van der Waals surface area (Å²) in [7, 11) is 1.83. The molecule has 7 nitrogen and oxygen atoms in total. The van der Waals surface area contributed by atoms with Crippen LogP contribution in [-0.4, -0.2) is 32.3 Å². The van der Waals surface area contributed by atoms with Gasteiger partial charge in [-0.15, -0.1) is 10.2 Å². The number of carbonyl (C=O) groups excluding carboxylic acids is 2. The first kappa shape index (κ1) is 28.0. The number of anilines is 1. The molecule has 2 amide bonds. The Morgan fingerprint density at radius 1 is 1.06 bits per heavy atom. The average Bonchev–Trinajstić information content (AvgIpc) is 3.17. The summed E-state index contributed by atoms with van der Waals surface area (Å²) in [5.41, 5.74) is 2.24. The largest absolute Gasteiger partial charge is 0.342 e. The molecule has 10 heteroatoms. The average molecular weight is 549 g/mol. The molecule has 0 unspecified atom stereocenters. The normalized spacial score (nSPS) is 12.1. The van der Waals surface area contributed by atoms with Crippen molar-refractivity contribution in [3.63, 3.8) is 0 Å². The van der Waals surface area contributed by atoms with Crippen molar-refractivity contribution in [2.75, 3.05) is 11.1 Å². The highest BCUT2D eigenvalue weighted by Gasteiger charge is 2.24. The Hall–Kier alpha value is -2.55. The first-order chi connectivity index (χ1) is 17.1. The molecule has 2 N–H and O–H groups in total. The number of halogens is 2. The third kappa shape index (κ3) is 7.24. The Bertz CT molecular complexity index is 1230. The quantitative estimate of drug-likeness (QED) is 0.283. The highest BCUT2D eigenvalue weighted by Crippen LogP contribution is 2.27. The standard InChI is InChI=1S/C26H31Cl2N5O2S/c1-15(2)12-22(30-25(35)19-11-10-17(27)13-20(19)28)24-31-32-26(33(24)5)36-14-23(34)29-21-9-7-6-8-18(21)16(3)4/h6-11,13,15-16,22H,12,14H2,1-5H3,(H,29,34)(H,30,35)/t22-/m1/s1. The molecule has 36 heavy (non-hydrogen) atoms. The summed E-state index contributed by atoms with van der Waals surface area (Å²) >= 11 is 13.5. The van der Waals surface area contributed by atoms with Crippen LogP contribution in [0, 0.1) is 5.92 Å². The van der Waals surface area contributed by atoms with Crippen LogP contribution in [0.4, 0.5) is 5.69 Å². The second kappa shape index (κ2) is 12.6. The summed E-state index contributed by atoms with van der Waals surface area (Å²) in [6, 6.07) is 12.2. The topological polar surface area (TPSA) is 88.9 Å². The maximum absolute atomic E-state index is 13.0. The van der Waals surface area contributed by atoms with Crippen LogP contribution in [0.25, 0.3) is 0 Å². The summed E-state index contributed by atoms with van der Waals surface area (Å²) in [4.78, 5) is 25.6. The van der Waals surface area contributed by atoms with Crippen LogP contribution >= 0.6 is 35.0 Å². The number of aromatic nitrogens is 3. The van der Waals surface area contributed by atoms with Gasteiger partial charge in [0.1, 0.15) is 0 Å². The third-order valence-corrected chi connectivity index (χ3v) is 7.13. The molecule has 0 saturated carbocycles. The van der Waals surface area contributed by atoms with Crippen LogP contribution in [0.5, 0.6) is 0 Å². The predicted octanol–water partition coefficient (Wildman–Crippen LogP) is 6.49. The van der Waals surface area contributed by atoms with Gasteiger partial charge in [-0.1, -0.05) is 80.9 Å². The molecule has 0 aliphatic carbocycles. The highest BCUT2D eigenvalue weighted by atomic mass is 35.5. The fourth-order valence-corrected chi connectivity index (χ4v) is 5.01. The number of amides is 2. The lowest BCUT2D eigenvalue weighted by atomic mass is 10.0. The first-order valence-electron chi connectivity index (χ1n) is 11.7. The number of hydrogen-bond acceptors (Lipinski definition) is 5. The van der Waals surface area contributed by atoms with Crippen LogP contribution in [0.3, 0.4) is 0 Å². The van der Waals surface area contributed by atoms with Gasteiger partial charge < -0.3 is 15.2 Å². The molecule has 0 aliphatic heterocycles. The monoisotopic (exact) mass is 547 g/mol. The van der Waals surface area contributed by atoms with E-state index in [9.17, 15) is 9.59 Å². The van der Waals surface area contributed by atoms with E-state index in [2.05, 4.69) is 48.5 Å². The molecule has 0 bridgehead atoms. The van der Waals surface area contributed by atoms with E-state index in [4.69, 9.17) is 23.2 Å². The lowest BCUT2D eigenvalue weighted by Gasteiger charge is -2.20. The minimum atomic E-state index is -0.386. The van der Waals surface area contributed by atoms with Crippen molar-refractivity contribution in [2.45, 2.75) is 51.2 Å². The second-order valence-electron chi connectivity index (χ2n) is 9.26.